The van der Waals surface area contributed by atoms with Crippen LogP contribution in [0.1, 0.15) is 5.56 Å². The van der Waals surface area contributed by atoms with Crippen LogP contribution in [0.2, 0.25) is 5.15 Å². The highest BCUT2D eigenvalue weighted by Crippen LogP contribution is 2.12. The number of aromatic nitrogens is 1. The third kappa shape index (κ3) is 1.60. The molecular weight excluding hydrogens is 154 g/mol. The number of halogens is 1. The van der Waals surface area contributed by atoms with Crippen molar-refractivity contribution in [3.05, 3.63) is 29.0 Å². The van der Waals surface area contributed by atoms with Gasteiger partial charge in [0.05, 0.1) is 0 Å². The summed E-state index contributed by atoms with van der Waals surface area (Å²) >= 11 is 9.72. The second-order valence-corrected chi connectivity index (χ2v) is 2.29. The van der Waals surface area contributed by atoms with Crippen LogP contribution in [0, 0.1) is 0 Å². The second kappa shape index (κ2) is 3.08. The van der Waals surface area contributed by atoms with E-state index in [0.29, 0.717) is 10.9 Å². The summed E-state index contributed by atoms with van der Waals surface area (Å²) in [6.45, 7) is 0. The lowest BCUT2D eigenvalue weighted by molar-refractivity contribution is 1.25. The summed E-state index contributed by atoms with van der Waals surface area (Å²) < 4.78 is 0. The Labute approximate surface area is 64.5 Å². The van der Waals surface area contributed by atoms with E-state index in [4.69, 9.17) is 11.6 Å². The van der Waals surface area contributed by atoms with Gasteiger partial charge in [0.2, 0.25) is 0 Å². The molecule has 0 atom stereocenters. The molecule has 0 bridgehead atoms. The summed E-state index contributed by atoms with van der Waals surface area (Å²) in [5.41, 5.74) is 0.975. The summed E-state index contributed by atoms with van der Waals surface area (Å²) in [5.74, 6) is 0.646. The van der Waals surface area contributed by atoms with Gasteiger partial charge in [-0.15, -0.1) is 0 Å². The normalized spacial score (nSPS) is 9.56. The van der Waals surface area contributed by atoms with Gasteiger partial charge in [-0.1, -0.05) is 17.7 Å². The second-order valence-electron chi connectivity index (χ2n) is 1.61. The number of rotatable bonds is 1. The first kappa shape index (κ1) is 6.90. The fourth-order valence-corrected chi connectivity index (χ4v) is 1.07. The first-order chi connectivity index (χ1) is 4.34. The van der Waals surface area contributed by atoms with Crippen molar-refractivity contribution >= 4 is 24.2 Å². The van der Waals surface area contributed by atoms with E-state index in [1.807, 2.05) is 12.1 Å². The predicted octanol–water partition coefficient (Wildman–Crippen LogP) is 2.16. The smallest absolute Gasteiger partial charge is 0.133 e. The van der Waals surface area contributed by atoms with Gasteiger partial charge >= 0.3 is 0 Å². The molecule has 1 aromatic rings. The monoisotopic (exact) mass is 159 g/mol. The number of hydrogen-bond donors (Lipinski definition) is 1. The van der Waals surface area contributed by atoms with Crippen molar-refractivity contribution in [1.82, 2.24) is 4.98 Å². The molecule has 1 rings (SSSR count). The molecule has 0 aliphatic carbocycles. The van der Waals surface area contributed by atoms with Crippen molar-refractivity contribution in [2.75, 3.05) is 0 Å². The van der Waals surface area contributed by atoms with Gasteiger partial charge < -0.3 is 0 Å². The minimum absolute atomic E-state index is 0.549. The lowest BCUT2D eigenvalue weighted by Gasteiger charge is -1.94. The van der Waals surface area contributed by atoms with Crippen LogP contribution in [0.4, 0.5) is 0 Å². The van der Waals surface area contributed by atoms with E-state index in [1.165, 1.54) is 0 Å². The zero-order valence-corrected chi connectivity index (χ0v) is 6.36. The Morgan fingerprint density at radius 3 is 2.89 bits per heavy atom. The molecule has 0 unspecified atom stereocenters. The molecule has 1 nitrogen and oxygen atoms in total. The van der Waals surface area contributed by atoms with E-state index in [9.17, 15) is 0 Å². The van der Waals surface area contributed by atoms with Crippen molar-refractivity contribution in [3.8, 4) is 0 Å². The Morgan fingerprint density at radius 2 is 2.44 bits per heavy atom. The predicted molar refractivity (Wildman–Crippen MR) is 41.9 cm³/mol. The minimum Gasteiger partial charge on any atom is -0.244 e. The first-order valence-electron chi connectivity index (χ1n) is 2.55. The highest BCUT2D eigenvalue weighted by Gasteiger charge is 1.94. The molecule has 3 heteroatoms. The molecule has 0 saturated carbocycles. The van der Waals surface area contributed by atoms with Gasteiger partial charge in [-0.25, -0.2) is 4.98 Å². The molecule has 9 heavy (non-hydrogen) atoms. The highest BCUT2D eigenvalue weighted by atomic mass is 35.5. The molecule has 0 saturated heterocycles. The van der Waals surface area contributed by atoms with Crippen LogP contribution in [0.15, 0.2) is 18.3 Å². The summed E-state index contributed by atoms with van der Waals surface area (Å²) in [5, 5.41) is 0.549. The summed E-state index contributed by atoms with van der Waals surface area (Å²) in [4.78, 5) is 3.87. The summed E-state index contributed by atoms with van der Waals surface area (Å²) in [6.07, 6.45) is 1.66. The zero-order chi connectivity index (χ0) is 6.69. The van der Waals surface area contributed by atoms with Gasteiger partial charge in [0, 0.05) is 11.9 Å². The van der Waals surface area contributed by atoms with Gasteiger partial charge in [0.25, 0.3) is 0 Å². The number of nitrogens with zero attached hydrogens (tertiary/aromatic N) is 1. The third-order valence-corrected chi connectivity index (χ3v) is 1.69. The van der Waals surface area contributed by atoms with Gasteiger partial charge in [0.1, 0.15) is 5.15 Å². The average Bonchev–Trinajstić information content (AvgIpc) is 1.89. The number of pyridine rings is 1. The SMILES string of the molecule is SCc1cccnc1Cl. The van der Waals surface area contributed by atoms with Crippen LogP contribution in [0.5, 0.6) is 0 Å². The van der Waals surface area contributed by atoms with E-state index < -0.39 is 0 Å². The Kier molecular flexibility index (Phi) is 2.37. The Hall–Kier alpha value is -0.210. The molecule has 48 valence electrons. The molecule has 0 radical (unpaired) electrons. The molecule has 0 spiro atoms. The van der Waals surface area contributed by atoms with Crippen LogP contribution >= 0.6 is 24.2 Å². The largest absolute Gasteiger partial charge is 0.244 e. The van der Waals surface area contributed by atoms with E-state index in [-0.39, 0.29) is 0 Å². The van der Waals surface area contributed by atoms with Crippen molar-refractivity contribution in [3.63, 3.8) is 0 Å². The maximum absolute atomic E-state index is 5.66. The van der Waals surface area contributed by atoms with Gasteiger partial charge in [-0.2, -0.15) is 12.6 Å². The van der Waals surface area contributed by atoms with Crippen molar-refractivity contribution in [2.24, 2.45) is 0 Å². The first-order valence-corrected chi connectivity index (χ1v) is 3.56. The van der Waals surface area contributed by atoms with Crippen LogP contribution in [-0.4, -0.2) is 4.98 Å². The molecule has 0 aromatic carbocycles. The van der Waals surface area contributed by atoms with Crippen molar-refractivity contribution in [2.45, 2.75) is 5.75 Å². The molecule has 0 aliphatic heterocycles. The quantitative estimate of drug-likeness (QED) is 0.490. The lowest BCUT2D eigenvalue weighted by Crippen LogP contribution is -1.81. The van der Waals surface area contributed by atoms with E-state index in [1.54, 1.807) is 6.20 Å². The molecule has 0 fully saturated rings. The zero-order valence-electron chi connectivity index (χ0n) is 4.71. The van der Waals surface area contributed by atoms with E-state index in [0.717, 1.165) is 5.56 Å². The van der Waals surface area contributed by atoms with Gasteiger partial charge in [-0.05, 0) is 11.6 Å². The summed E-state index contributed by atoms with van der Waals surface area (Å²) in [6, 6.07) is 3.75. The molecule has 0 N–H and O–H groups in total. The van der Waals surface area contributed by atoms with Crippen LogP contribution in [0.3, 0.4) is 0 Å². The lowest BCUT2D eigenvalue weighted by atomic mass is 10.3. The topological polar surface area (TPSA) is 12.9 Å². The Balaban J connectivity index is 3.01. The minimum atomic E-state index is 0.549. The van der Waals surface area contributed by atoms with Gasteiger partial charge in [-0.3, -0.25) is 0 Å². The Bertz CT molecular complexity index is 202. The number of thiol groups is 1. The van der Waals surface area contributed by atoms with Gasteiger partial charge in [0.15, 0.2) is 0 Å². The van der Waals surface area contributed by atoms with Crippen molar-refractivity contribution in [1.29, 1.82) is 0 Å². The number of hydrogen-bond acceptors (Lipinski definition) is 2. The van der Waals surface area contributed by atoms with Crippen molar-refractivity contribution < 1.29 is 0 Å². The molecule has 0 aliphatic rings. The Morgan fingerprint density at radius 1 is 1.67 bits per heavy atom. The van der Waals surface area contributed by atoms with E-state index in [2.05, 4.69) is 17.6 Å². The molecular formula is C6H6ClNS. The highest BCUT2D eigenvalue weighted by molar-refractivity contribution is 7.79. The third-order valence-electron chi connectivity index (χ3n) is 1.01. The maximum Gasteiger partial charge on any atom is 0.133 e. The fourth-order valence-electron chi connectivity index (χ4n) is 0.537. The summed E-state index contributed by atoms with van der Waals surface area (Å²) in [7, 11) is 0. The maximum atomic E-state index is 5.66. The fraction of sp³-hybridized carbons (Fsp3) is 0.167. The van der Waals surface area contributed by atoms with Crippen LogP contribution in [0.25, 0.3) is 0 Å². The molecule has 1 aromatic heterocycles. The van der Waals surface area contributed by atoms with E-state index >= 15 is 0 Å². The van der Waals surface area contributed by atoms with Crippen LogP contribution in [-0.2, 0) is 5.75 Å². The van der Waals surface area contributed by atoms with Crippen LogP contribution < -0.4 is 0 Å². The average molecular weight is 160 g/mol. The molecule has 1 heterocycles. The standard InChI is InChI=1S/C6H6ClNS/c7-6-5(4-9)2-1-3-8-6/h1-3,9H,4H2. The molecule has 0 amide bonds.